The topological polar surface area (TPSA) is 92.4 Å². The van der Waals surface area contributed by atoms with Gasteiger partial charge in [0.05, 0.1) is 10.8 Å². The van der Waals surface area contributed by atoms with E-state index in [2.05, 4.69) is 10.2 Å². The van der Waals surface area contributed by atoms with Crippen molar-refractivity contribution in [2.45, 2.75) is 19.4 Å². The van der Waals surface area contributed by atoms with Crippen LogP contribution in [-0.2, 0) is 6.61 Å². The van der Waals surface area contributed by atoms with Crippen LogP contribution in [0.5, 0.6) is 5.88 Å². The fourth-order valence-electron chi connectivity index (χ4n) is 4.51. The van der Waals surface area contributed by atoms with Crippen LogP contribution in [0.1, 0.15) is 39.1 Å². The van der Waals surface area contributed by atoms with Crippen molar-refractivity contribution in [2.24, 2.45) is 5.92 Å². The smallest absolute Gasteiger partial charge is 0.272 e. The quantitative estimate of drug-likeness (QED) is 0.428. The number of hydrogen-bond acceptors (Lipinski definition) is 5. The maximum absolute atomic E-state index is 13.1. The van der Waals surface area contributed by atoms with Crippen LogP contribution in [0, 0.1) is 5.92 Å². The first kappa shape index (κ1) is 22.5. The standard InChI is InChI=1S/C28H25N3O4/c32-25(20-8-2-1-3-9-20)21-13-15-31(16-14-21)28(34)22-10-6-7-19(17-22)18-35-27-24-12-5-4-11-23(24)26(33)29-30-27/h1-12,17,21H,13-16,18H2,(H,29,33). The molecule has 0 unspecified atom stereocenters. The molecule has 4 aromatic rings. The van der Waals surface area contributed by atoms with Gasteiger partial charge in [-0.05, 0) is 42.7 Å². The van der Waals surface area contributed by atoms with Gasteiger partial charge >= 0.3 is 0 Å². The molecule has 0 atom stereocenters. The van der Waals surface area contributed by atoms with Crippen LogP contribution in [0.4, 0.5) is 0 Å². The number of ketones is 1. The highest BCUT2D eigenvalue weighted by Gasteiger charge is 2.28. The Balaban J connectivity index is 1.23. The first-order chi connectivity index (χ1) is 17.1. The van der Waals surface area contributed by atoms with E-state index in [0.717, 1.165) is 11.1 Å². The van der Waals surface area contributed by atoms with Crippen molar-refractivity contribution < 1.29 is 14.3 Å². The highest BCUT2D eigenvalue weighted by atomic mass is 16.5. The third kappa shape index (κ3) is 4.84. The predicted molar refractivity (Wildman–Crippen MR) is 133 cm³/mol. The van der Waals surface area contributed by atoms with Crippen molar-refractivity contribution in [1.29, 1.82) is 0 Å². The highest BCUT2D eigenvalue weighted by molar-refractivity contribution is 5.98. The van der Waals surface area contributed by atoms with Gasteiger partial charge in [0.25, 0.3) is 11.5 Å². The van der Waals surface area contributed by atoms with Gasteiger partial charge in [0, 0.05) is 30.1 Å². The zero-order valence-corrected chi connectivity index (χ0v) is 19.1. The van der Waals surface area contributed by atoms with Crippen molar-refractivity contribution in [1.82, 2.24) is 15.1 Å². The number of likely N-dealkylation sites (tertiary alicyclic amines) is 1. The van der Waals surface area contributed by atoms with E-state index >= 15 is 0 Å². The van der Waals surface area contributed by atoms with Gasteiger partial charge < -0.3 is 9.64 Å². The normalized spacial score (nSPS) is 14.1. The Morgan fingerprint density at radius 2 is 1.57 bits per heavy atom. The summed E-state index contributed by atoms with van der Waals surface area (Å²) in [5, 5.41) is 7.64. The lowest BCUT2D eigenvalue weighted by Crippen LogP contribution is -2.40. The molecule has 0 spiro atoms. The van der Waals surface area contributed by atoms with Crippen LogP contribution in [0.15, 0.2) is 83.7 Å². The second kappa shape index (κ2) is 9.93. The van der Waals surface area contributed by atoms with Gasteiger partial charge in [-0.25, -0.2) is 5.10 Å². The van der Waals surface area contributed by atoms with Crippen LogP contribution in [0.2, 0.25) is 0 Å². The molecular weight excluding hydrogens is 442 g/mol. The second-order valence-corrected chi connectivity index (χ2v) is 8.69. The van der Waals surface area contributed by atoms with Crippen LogP contribution in [0.3, 0.4) is 0 Å². The minimum absolute atomic E-state index is 0.0509. The number of piperidine rings is 1. The Morgan fingerprint density at radius 3 is 2.34 bits per heavy atom. The lowest BCUT2D eigenvalue weighted by Gasteiger charge is -2.31. The molecule has 2 heterocycles. The Bertz CT molecular complexity index is 1420. The number of nitrogens with one attached hydrogen (secondary N) is 1. The molecule has 0 bridgehead atoms. The summed E-state index contributed by atoms with van der Waals surface area (Å²) in [4.78, 5) is 39.7. The fraction of sp³-hybridized carbons (Fsp3) is 0.214. The lowest BCUT2D eigenvalue weighted by atomic mass is 9.88. The van der Waals surface area contributed by atoms with Crippen LogP contribution in [0.25, 0.3) is 10.8 Å². The summed E-state index contributed by atoms with van der Waals surface area (Å²) in [6, 6.07) is 23.8. The summed E-state index contributed by atoms with van der Waals surface area (Å²) in [6.45, 7) is 1.31. The molecule has 0 radical (unpaired) electrons. The Hall–Kier alpha value is -4.26. The third-order valence-corrected chi connectivity index (χ3v) is 6.42. The number of fused-ring (bicyclic) bond motifs is 1. The summed E-state index contributed by atoms with van der Waals surface area (Å²) < 4.78 is 5.88. The first-order valence-corrected chi connectivity index (χ1v) is 11.7. The number of ether oxygens (including phenoxy) is 1. The molecule has 35 heavy (non-hydrogen) atoms. The van der Waals surface area contributed by atoms with Crippen molar-refractivity contribution in [3.8, 4) is 5.88 Å². The Labute approximate surface area is 202 Å². The van der Waals surface area contributed by atoms with Gasteiger partial charge in [0.1, 0.15) is 6.61 Å². The minimum atomic E-state index is -0.269. The number of amides is 1. The summed E-state index contributed by atoms with van der Waals surface area (Å²) in [6.07, 6.45) is 1.32. The lowest BCUT2D eigenvalue weighted by molar-refractivity contribution is 0.0650. The van der Waals surface area contributed by atoms with Crippen LogP contribution in [-0.4, -0.2) is 39.9 Å². The molecule has 1 aromatic heterocycles. The minimum Gasteiger partial charge on any atom is -0.471 e. The van der Waals surface area contributed by atoms with E-state index in [4.69, 9.17) is 4.74 Å². The molecular formula is C28H25N3O4. The first-order valence-electron chi connectivity index (χ1n) is 11.7. The zero-order valence-electron chi connectivity index (χ0n) is 19.1. The van der Waals surface area contributed by atoms with Crippen molar-refractivity contribution >= 4 is 22.5 Å². The molecule has 7 nitrogen and oxygen atoms in total. The van der Waals surface area contributed by atoms with E-state index in [1.165, 1.54) is 0 Å². The third-order valence-electron chi connectivity index (χ3n) is 6.42. The monoisotopic (exact) mass is 467 g/mol. The van der Waals surface area contributed by atoms with E-state index < -0.39 is 0 Å². The molecule has 176 valence electrons. The summed E-state index contributed by atoms with van der Waals surface area (Å²) in [7, 11) is 0. The number of carbonyl (C=O) groups is 2. The van der Waals surface area contributed by atoms with E-state index in [1.807, 2.05) is 59.5 Å². The molecule has 1 amide bonds. The van der Waals surface area contributed by atoms with Crippen LogP contribution >= 0.6 is 0 Å². The van der Waals surface area contributed by atoms with Crippen molar-refractivity contribution in [3.63, 3.8) is 0 Å². The highest BCUT2D eigenvalue weighted by Crippen LogP contribution is 2.24. The molecule has 1 saturated heterocycles. The largest absolute Gasteiger partial charge is 0.471 e. The van der Waals surface area contributed by atoms with Crippen molar-refractivity contribution in [2.75, 3.05) is 13.1 Å². The molecule has 1 aliphatic rings. The number of Topliss-reactive ketones (excluding diaryl/α,β-unsaturated/α-hetero) is 1. The van der Waals surface area contributed by atoms with E-state index in [9.17, 15) is 14.4 Å². The summed E-state index contributed by atoms with van der Waals surface area (Å²) in [5.41, 5.74) is 1.87. The van der Waals surface area contributed by atoms with Gasteiger partial charge in [-0.3, -0.25) is 14.4 Å². The number of H-pyrrole nitrogens is 1. The fourth-order valence-corrected chi connectivity index (χ4v) is 4.51. The molecule has 5 rings (SSSR count). The number of hydrogen-bond donors (Lipinski definition) is 1. The number of nitrogens with zero attached hydrogens (tertiary/aromatic N) is 2. The summed E-state index contributed by atoms with van der Waals surface area (Å²) >= 11 is 0. The SMILES string of the molecule is O=C(c1ccccc1)C1CCN(C(=O)c2cccc(COc3n[nH]c(=O)c4ccccc34)c2)CC1. The Morgan fingerprint density at radius 1 is 0.886 bits per heavy atom. The predicted octanol–water partition coefficient (Wildman–Crippen LogP) is 4.24. The average molecular weight is 468 g/mol. The zero-order chi connectivity index (χ0) is 24.2. The van der Waals surface area contributed by atoms with Gasteiger partial charge in [-0.1, -0.05) is 54.6 Å². The molecule has 3 aromatic carbocycles. The number of carbonyl (C=O) groups excluding carboxylic acids is 2. The second-order valence-electron chi connectivity index (χ2n) is 8.69. The molecule has 0 saturated carbocycles. The summed E-state index contributed by atoms with van der Waals surface area (Å²) in [5.74, 6) is 0.383. The van der Waals surface area contributed by atoms with E-state index in [0.29, 0.717) is 48.1 Å². The number of aromatic amines is 1. The number of benzene rings is 3. The maximum atomic E-state index is 13.1. The van der Waals surface area contributed by atoms with Crippen LogP contribution < -0.4 is 10.3 Å². The van der Waals surface area contributed by atoms with Crippen molar-refractivity contribution in [3.05, 3.63) is 106 Å². The van der Waals surface area contributed by atoms with Gasteiger partial charge in [-0.15, -0.1) is 5.10 Å². The average Bonchev–Trinajstić information content (AvgIpc) is 2.93. The van der Waals surface area contributed by atoms with E-state index in [1.54, 1.807) is 24.3 Å². The molecule has 1 fully saturated rings. The maximum Gasteiger partial charge on any atom is 0.272 e. The van der Waals surface area contributed by atoms with E-state index in [-0.39, 0.29) is 29.8 Å². The molecule has 1 N–H and O–H groups in total. The number of rotatable bonds is 6. The molecule has 7 heteroatoms. The van der Waals surface area contributed by atoms with Gasteiger partial charge in [0.2, 0.25) is 5.88 Å². The molecule has 1 aliphatic heterocycles. The molecule has 0 aliphatic carbocycles. The van der Waals surface area contributed by atoms with Gasteiger partial charge in [0.15, 0.2) is 5.78 Å². The van der Waals surface area contributed by atoms with Gasteiger partial charge in [-0.2, -0.15) is 0 Å². The Kier molecular flexibility index (Phi) is 6.39. The number of aromatic nitrogens is 2.